The number of hydrogen-bond donors (Lipinski definition) is 2. The Morgan fingerprint density at radius 3 is 2.76 bits per heavy atom. The molecule has 1 amide bonds. The second-order valence-electron chi connectivity index (χ2n) is 11.1. The molecule has 4 aromatic heterocycles. The molecule has 1 aliphatic rings. The van der Waals surface area contributed by atoms with E-state index in [0.29, 0.717) is 41.1 Å². The van der Waals surface area contributed by atoms with Crippen molar-refractivity contribution in [2.75, 3.05) is 36.9 Å². The van der Waals surface area contributed by atoms with E-state index in [4.69, 9.17) is 26.4 Å². The Morgan fingerprint density at radius 2 is 1.89 bits per heavy atom. The number of benzene rings is 2. The molecular weight excluding hydrogens is 618 g/mol. The highest BCUT2D eigenvalue weighted by Crippen LogP contribution is 2.36. The first-order valence-corrected chi connectivity index (χ1v) is 16.5. The van der Waals surface area contributed by atoms with Crippen molar-refractivity contribution >= 4 is 51.7 Å². The summed E-state index contributed by atoms with van der Waals surface area (Å²) in [5, 5.41) is 13.8. The third-order valence-corrected chi connectivity index (χ3v) is 9.03. The number of aromatic nitrogens is 4. The second kappa shape index (κ2) is 13.7. The van der Waals surface area contributed by atoms with Gasteiger partial charge in [0.1, 0.15) is 18.1 Å². The average molecular weight is 650 g/mol. The molecule has 11 heteroatoms. The van der Waals surface area contributed by atoms with Crippen LogP contribution < -0.4 is 15.4 Å². The van der Waals surface area contributed by atoms with Gasteiger partial charge in [-0.25, -0.2) is 14.5 Å². The first kappa shape index (κ1) is 29.9. The van der Waals surface area contributed by atoms with Crippen LogP contribution in [0.15, 0.2) is 96.6 Å². The molecule has 0 unspecified atom stereocenters. The van der Waals surface area contributed by atoms with Gasteiger partial charge in [-0.3, -0.25) is 9.69 Å². The summed E-state index contributed by atoms with van der Waals surface area (Å²) in [6, 6.07) is 25.0. The molecule has 1 aliphatic heterocycles. The fraction of sp³-hybridized carbons (Fsp3) is 0.200. The van der Waals surface area contributed by atoms with Crippen molar-refractivity contribution < 1.29 is 9.53 Å². The Hall–Kier alpha value is -4.77. The quantitative estimate of drug-likeness (QED) is 0.149. The standard InChI is InChI=1S/C35H32ClN7O2S/c36-28-12-11-26(22-31(28)45-19-18-42-15-3-4-16-42)39-35-37-14-13-29(40-35)33-30-10-1-2-17-43(30)41-34(33)24-7-5-8-25(21-24)38-32(44)23-27-9-6-20-46-27/h1-2,5-14,17,20-22H,3-4,15-16,18-19,23H2,(H,38,44)(H,37,39,40). The first-order chi connectivity index (χ1) is 22.6. The SMILES string of the molecule is O=C(Cc1cccs1)Nc1cccc(-c2nn3ccccc3c2-c2ccnc(Nc3ccc(Cl)c(OCCN4CCCC4)c3)n2)c1. The number of thiophene rings is 1. The topological polar surface area (TPSA) is 96.7 Å². The van der Waals surface area contributed by atoms with Gasteiger partial charge >= 0.3 is 0 Å². The molecule has 1 fully saturated rings. The summed E-state index contributed by atoms with van der Waals surface area (Å²) >= 11 is 8.03. The van der Waals surface area contributed by atoms with Crippen molar-refractivity contribution in [1.29, 1.82) is 0 Å². The number of amides is 1. The highest BCUT2D eigenvalue weighted by Gasteiger charge is 2.19. The fourth-order valence-corrected chi connectivity index (χ4v) is 6.52. The molecule has 0 spiro atoms. The minimum absolute atomic E-state index is 0.0660. The maximum atomic E-state index is 12.7. The zero-order valence-electron chi connectivity index (χ0n) is 25.0. The van der Waals surface area contributed by atoms with E-state index in [2.05, 4.69) is 20.5 Å². The lowest BCUT2D eigenvalue weighted by molar-refractivity contribution is -0.115. The number of ether oxygens (including phenoxy) is 1. The van der Waals surface area contributed by atoms with E-state index in [-0.39, 0.29) is 5.91 Å². The number of hydrogen-bond acceptors (Lipinski definition) is 8. The summed E-state index contributed by atoms with van der Waals surface area (Å²) in [7, 11) is 0. The van der Waals surface area contributed by atoms with Crippen molar-refractivity contribution in [2.24, 2.45) is 0 Å². The number of nitrogens with zero attached hydrogens (tertiary/aromatic N) is 5. The first-order valence-electron chi connectivity index (χ1n) is 15.2. The van der Waals surface area contributed by atoms with E-state index < -0.39 is 0 Å². The molecule has 1 saturated heterocycles. The Bertz CT molecular complexity index is 1970. The Labute approximate surface area is 275 Å². The van der Waals surface area contributed by atoms with E-state index in [1.807, 2.05) is 95.0 Å². The number of fused-ring (bicyclic) bond motifs is 1. The molecule has 232 valence electrons. The van der Waals surface area contributed by atoms with Crippen molar-refractivity contribution in [2.45, 2.75) is 19.3 Å². The third kappa shape index (κ3) is 6.89. The molecule has 0 radical (unpaired) electrons. The van der Waals surface area contributed by atoms with Gasteiger partial charge in [0.15, 0.2) is 0 Å². The van der Waals surface area contributed by atoms with Gasteiger partial charge in [0.05, 0.1) is 28.2 Å². The number of rotatable bonds is 11. The molecule has 5 heterocycles. The van der Waals surface area contributed by atoms with Gasteiger partial charge in [-0.15, -0.1) is 11.3 Å². The predicted molar refractivity (Wildman–Crippen MR) is 184 cm³/mol. The molecule has 46 heavy (non-hydrogen) atoms. The van der Waals surface area contributed by atoms with E-state index >= 15 is 0 Å². The Morgan fingerprint density at radius 1 is 0.978 bits per heavy atom. The number of anilines is 3. The lowest BCUT2D eigenvalue weighted by Crippen LogP contribution is -2.25. The van der Waals surface area contributed by atoms with E-state index in [9.17, 15) is 4.79 Å². The van der Waals surface area contributed by atoms with E-state index in [0.717, 1.165) is 52.5 Å². The van der Waals surface area contributed by atoms with Gasteiger partial charge in [0.2, 0.25) is 11.9 Å². The van der Waals surface area contributed by atoms with Gasteiger partial charge in [-0.05, 0) is 79.8 Å². The zero-order chi connectivity index (χ0) is 31.3. The van der Waals surface area contributed by atoms with Crippen LogP contribution in [0, 0.1) is 0 Å². The lowest BCUT2D eigenvalue weighted by Gasteiger charge is -2.16. The van der Waals surface area contributed by atoms with Crippen LogP contribution in [0.5, 0.6) is 5.75 Å². The summed E-state index contributed by atoms with van der Waals surface area (Å²) < 4.78 is 7.88. The molecule has 0 bridgehead atoms. The normalized spacial score (nSPS) is 13.2. The number of nitrogens with one attached hydrogen (secondary N) is 2. The van der Waals surface area contributed by atoms with Crippen LogP contribution in [-0.4, -0.2) is 56.6 Å². The molecule has 7 rings (SSSR count). The van der Waals surface area contributed by atoms with E-state index in [1.54, 1.807) is 17.5 Å². The number of halogens is 1. The number of pyridine rings is 1. The van der Waals surface area contributed by atoms with Gasteiger partial charge in [-0.2, -0.15) is 5.10 Å². The van der Waals surface area contributed by atoms with Gasteiger partial charge in [0, 0.05) is 46.8 Å². The molecular formula is C35H32ClN7O2S. The smallest absolute Gasteiger partial charge is 0.229 e. The van der Waals surface area contributed by atoms with Gasteiger partial charge in [0.25, 0.3) is 0 Å². The molecule has 0 atom stereocenters. The minimum atomic E-state index is -0.0660. The molecule has 9 nitrogen and oxygen atoms in total. The molecule has 6 aromatic rings. The van der Waals surface area contributed by atoms with Gasteiger partial charge in [-0.1, -0.05) is 35.9 Å². The summed E-state index contributed by atoms with van der Waals surface area (Å²) in [5.74, 6) is 0.983. The second-order valence-corrected chi connectivity index (χ2v) is 12.5. The van der Waals surface area contributed by atoms with Gasteiger partial charge < -0.3 is 15.4 Å². The maximum absolute atomic E-state index is 12.7. The van der Waals surface area contributed by atoms with Crippen LogP contribution in [0.3, 0.4) is 0 Å². The number of likely N-dealkylation sites (tertiary alicyclic amines) is 1. The van der Waals surface area contributed by atoms with Crippen molar-refractivity contribution in [1.82, 2.24) is 24.5 Å². The lowest BCUT2D eigenvalue weighted by atomic mass is 10.0. The summed E-state index contributed by atoms with van der Waals surface area (Å²) in [6.07, 6.45) is 6.46. The third-order valence-electron chi connectivity index (χ3n) is 7.84. The molecule has 2 aromatic carbocycles. The van der Waals surface area contributed by atoms with Crippen LogP contribution in [0.1, 0.15) is 17.7 Å². The molecule has 0 aliphatic carbocycles. The highest BCUT2D eigenvalue weighted by molar-refractivity contribution is 7.10. The van der Waals surface area contributed by atoms with Crippen molar-refractivity contribution in [3.63, 3.8) is 0 Å². The highest BCUT2D eigenvalue weighted by atomic mass is 35.5. The van der Waals surface area contributed by atoms with E-state index in [1.165, 1.54) is 12.8 Å². The minimum Gasteiger partial charge on any atom is -0.491 e. The van der Waals surface area contributed by atoms with Crippen LogP contribution in [0.2, 0.25) is 5.02 Å². The average Bonchev–Trinajstić information content (AvgIpc) is 3.85. The molecule has 2 N–H and O–H groups in total. The largest absolute Gasteiger partial charge is 0.491 e. The maximum Gasteiger partial charge on any atom is 0.229 e. The summed E-state index contributed by atoms with van der Waals surface area (Å²) in [4.78, 5) is 25.5. The van der Waals surface area contributed by atoms with Crippen molar-refractivity contribution in [3.05, 3.63) is 107 Å². The number of carbonyl (C=O) groups is 1. The number of carbonyl (C=O) groups excluding carboxylic acids is 1. The predicted octanol–water partition coefficient (Wildman–Crippen LogP) is 7.57. The van der Waals surface area contributed by atoms with Crippen LogP contribution in [-0.2, 0) is 11.2 Å². The van der Waals surface area contributed by atoms with Crippen LogP contribution in [0.25, 0.3) is 28.0 Å². The Kier molecular flexibility index (Phi) is 8.91. The fourth-order valence-electron chi connectivity index (χ4n) is 5.64. The van der Waals surface area contributed by atoms with Crippen LogP contribution in [0.4, 0.5) is 17.3 Å². The zero-order valence-corrected chi connectivity index (χ0v) is 26.6. The monoisotopic (exact) mass is 649 g/mol. The Balaban J connectivity index is 1.14. The van der Waals surface area contributed by atoms with Crippen molar-refractivity contribution in [3.8, 4) is 28.3 Å². The van der Waals surface area contributed by atoms with Crippen LogP contribution >= 0.6 is 22.9 Å². The molecule has 0 saturated carbocycles. The summed E-state index contributed by atoms with van der Waals surface area (Å²) in [6.45, 7) is 3.70. The summed E-state index contributed by atoms with van der Waals surface area (Å²) in [5.41, 5.74) is 5.53.